The van der Waals surface area contributed by atoms with Crippen molar-refractivity contribution in [2.24, 2.45) is 11.7 Å². The van der Waals surface area contributed by atoms with Crippen LogP contribution in [0.4, 0.5) is 13.9 Å². The van der Waals surface area contributed by atoms with Crippen LogP contribution in [-0.4, -0.2) is 51.9 Å². The van der Waals surface area contributed by atoms with Crippen molar-refractivity contribution in [3.8, 4) is 17.6 Å². The Kier molecular flexibility index (Phi) is 7.09. The van der Waals surface area contributed by atoms with Crippen molar-refractivity contribution in [3.05, 3.63) is 52.2 Å². The van der Waals surface area contributed by atoms with Gasteiger partial charge in [0.1, 0.15) is 12.0 Å². The first-order valence-corrected chi connectivity index (χ1v) is 11.4. The summed E-state index contributed by atoms with van der Waals surface area (Å²) in [5, 5.41) is 21.6. The summed E-state index contributed by atoms with van der Waals surface area (Å²) in [6, 6.07) is 3.75. The lowest BCUT2D eigenvalue weighted by molar-refractivity contribution is -0.120. The van der Waals surface area contributed by atoms with Crippen LogP contribution in [0.1, 0.15) is 35.4 Å². The molecule has 0 bridgehead atoms. The second kappa shape index (κ2) is 10.2. The fourth-order valence-electron chi connectivity index (χ4n) is 3.33. The molecule has 12 heteroatoms. The number of benzene rings is 1. The molecule has 0 saturated heterocycles. The number of aliphatic hydroxyl groups excluding tert-OH is 1. The van der Waals surface area contributed by atoms with Crippen LogP contribution < -0.4 is 15.8 Å². The number of ether oxygens (including phenoxy) is 1. The normalized spacial score (nSPS) is 17.3. The predicted octanol–water partition coefficient (Wildman–Crippen LogP) is 2.27. The molecule has 0 spiro atoms. The van der Waals surface area contributed by atoms with E-state index in [1.807, 2.05) is 0 Å². The molecular formula is C23H21F2N5O4S. The quantitative estimate of drug-likeness (QED) is 0.496. The lowest BCUT2D eigenvalue weighted by atomic mass is 9.93. The Morgan fingerprint density at radius 2 is 2.14 bits per heavy atom. The third-order valence-electron chi connectivity index (χ3n) is 5.20. The Morgan fingerprint density at radius 1 is 1.37 bits per heavy atom. The molecule has 2 aromatic rings. The number of hydrogen-bond acceptors (Lipinski definition) is 8. The standard InChI is InChI=1S/C23H21F2N5O4S/c1-34-17-6-5-13(21(24)25)8-14(17)16-10-30(11-18(26)31)20(32)9-15(16)22(33)27-23-29-28-19(35-23)7-4-12-2-3-12/h5-6,8-10,12,20-21,32H,2-3,11H2,1H3,(H2,26,31)(H,27,29,33). The SMILES string of the molecule is COc1ccc(C(F)F)cc1C1=CN(CC(N)=O)C(O)C=C1C(=O)Nc1nnc(C#CC2CC2)s1. The average Bonchev–Trinajstić information content (AvgIpc) is 3.55. The van der Waals surface area contributed by atoms with Crippen molar-refractivity contribution < 1.29 is 28.2 Å². The molecular weight excluding hydrogens is 480 g/mol. The van der Waals surface area contributed by atoms with Crippen molar-refractivity contribution in [1.29, 1.82) is 0 Å². The van der Waals surface area contributed by atoms with Gasteiger partial charge in [-0.3, -0.25) is 14.9 Å². The van der Waals surface area contributed by atoms with Gasteiger partial charge in [-0.1, -0.05) is 17.3 Å². The first-order chi connectivity index (χ1) is 16.7. The fourth-order valence-corrected chi connectivity index (χ4v) is 3.93. The molecule has 4 N–H and O–H groups in total. The maximum absolute atomic E-state index is 13.4. The lowest BCUT2D eigenvalue weighted by Crippen LogP contribution is -2.39. The first kappa shape index (κ1) is 24.3. The zero-order chi connectivity index (χ0) is 25.1. The highest BCUT2D eigenvalue weighted by Gasteiger charge is 2.29. The van der Waals surface area contributed by atoms with Crippen LogP contribution >= 0.6 is 11.3 Å². The molecule has 2 amide bonds. The monoisotopic (exact) mass is 501 g/mol. The van der Waals surface area contributed by atoms with Gasteiger partial charge in [-0.15, -0.1) is 10.2 Å². The highest BCUT2D eigenvalue weighted by molar-refractivity contribution is 7.15. The van der Waals surface area contributed by atoms with Crippen LogP contribution in [0.5, 0.6) is 5.75 Å². The molecule has 1 saturated carbocycles. The number of carbonyl (C=O) groups is 2. The minimum absolute atomic E-state index is 0.0382. The van der Waals surface area contributed by atoms with E-state index in [2.05, 4.69) is 27.4 Å². The molecule has 1 aromatic heterocycles. The summed E-state index contributed by atoms with van der Waals surface area (Å²) >= 11 is 1.08. The van der Waals surface area contributed by atoms with Crippen molar-refractivity contribution in [3.63, 3.8) is 0 Å². The zero-order valence-electron chi connectivity index (χ0n) is 18.5. The van der Waals surface area contributed by atoms with Crippen LogP contribution in [0.25, 0.3) is 5.57 Å². The Balaban J connectivity index is 1.68. The van der Waals surface area contributed by atoms with E-state index in [1.54, 1.807) is 0 Å². The molecule has 2 aliphatic rings. The number of anilines is 1. The second-order valence-electron chi connectivity index (χ2n) is 7.85. The smallest absolute Gasteiger partial charge is 0.263 e. The first-order valence-electron chi connectivity index (χ1n) is 10.5. The molecule has 1 fully saturated rings. The summed E-state index contributed by atoms with van der Waals surface area (Å²) in [5.41, 5.74) is 5.25. The number of nitrogens with zero attached hydrogens (tertiary/aromatic N) is 3. The lowest BCUT2D eigenvalue weighted by Gasteiger charge is -2.30. The number of alkyl halides is 2. The molecule has 1 aliphatic heterocycles. The van der Waals surface area contributed by atoms with Gasteiger partial charge in [0.05, 0.1) is 13.7 Å². The number of aromatic nitrogens is 2. The molecule has 0 radical (unpaired) electrons. The molecule has 9 nitrogen and oxygen atoms in total. The second-order valence-corrected chi connectivity index (χ2v) is 8.82. The van der Waals surface area contributed by atoms with Gasteiger partial charge in [-0.25, -0.2) is 8.78 Å². The molecule has 2 heterocycles. The maximum Gasteiger partial charge on any atom is 0.263 e. The van der Waals surface area contributed by atoms with Crippen LogP contribution in [0.3, 0.4) is 0 Å². The number of rotatable bonds is 7. The largest absolute Gasteiger partial charge is 0.496 e. The highest BCUT2D eigenvalue weighted by Crippen LogP contribution is 2.37. The average molecular weight is 502 g/mol. The van der Waals surface area contributed by atoms with E-state index >= 15 is 0 Å². The zero-order valence-corrected chi connectivity index (χ0v) is 19.3. The van der Waals surface area contributed by atoms with Crippen molar-refractivity contribution in [1.82, 2.24) is 15.1 Å². The number of methoxy groups -OCH3 is 1. The van der Waals surface area contributed by atoms with Crippen LogP contribution in [0, 0.1) is 17.8 Å². The number of hydrogen-bond donors (Lipinski definition) is 3. The summed E-state index contributed by atoms with van der Waals surface area (Å²) in [4.78, 5) is 25.9. The molecule has 182 valence electrons. The topological polar surface area (TPSA) is 131 Å². The molecule has 1 unspecified atom stereocenters. The van der Waals surface area contributed by atoms with Crippen molar-refractivity contribution in [2.45, 2.75) is 25.5 Å². The summed E-state index contributed by atoms with van der Waals surface area (Å²) < 4.78 is 32.2. The third kappa shape index (κ3) is 5.82. The van der Waals surface area contributed by atoms with Gasteiger partial charge in [0.15, 0.2) is 5.01 Å². The summed E-state index contributed by atoms with van der Waals surface area (Å²) in [7, 11) is 1.36. The van der Waals surface area contributed by atoms with Gasteiger partial charge in [0.25, 0.3) is 12.3 Å². The minimum Gasteiger partial charge on any atom is -0.496 e. The van der Waals surface area contributed by atoms with Crippen LogP contribution in [0.15, 0.2) is 36.0 Å². The van der Waals surface area contributed by atoms with E-state index in [0.717, 1.165) is 24.2 Å². The van der Waals surface area contributed by atoms with E-state index in [-0.39, 0.29) is 39.7 Å². The highest BCUT2D eigenvalue weighted by atomic mass is 32.1. The maximum atomic E-state index is 13.4. The van der Waals surface area contributed by atoms with Gasteiger partial charge < -0.3 is 20.5 Å². The van der Waals surface area contributed by atoms with E-state index in [4.69, 9.17) is 10.5 Å². The van der Waals surface area contributed by atoms with Gasteiger partial charge >= 0.3 is 0 Å². The van der Waals surface area contributed by atoms with E-state index in [1.165, 1.54) is 42.5 Å². The molecule has 35 heavy (non-hydrogen) atoms. The number of amides is 2. The van der Waals surface area contributed by atoms with Crippen LogP contribution in [-0.2, 0) is 9.59 Å². The summed E-state index contributed by atoms with van der Waals surface area (Å²) in [5.74, 6) is 5.16. The van der Waals surface area contributed by atoms with Crippen molar-refractivity contribution >= 4 is 33.9 Å². The Hall–Kier alpha value is -3.82. The minimum atomic E-state index is -2.77. The Morgan fingerprint density at radius 3 is 2.80 bits per heavy atom. The van der Waals surface area contributed by atoms with Gasteiger partial charge in [-0.2, -0.15) is 0 Å². The number of nitrogens with one attached hydrogen (secondary N) is 1. The van der Waals surface area contributed by atoms with E-state index in [9.17, 15) is 23.5 Å². The summed E-state index contributed by atoms with van der Waals surface area (Å²) in [6.45, 7) is -0.369. The number of nitrogens with two attached hydrogens (primary N) is 1. The van der Waals surface area contributed by atoms with E-state index in [0.29, 0.717) is 10.9 Å². The molecule has 1 atom stereocenters. The number of aliphatic hydroxyl groups is 1. The Labute approximate surface area is 203 Å². The Bertz CT molecular complexity index is 1280. The van der Waals surface area contributed by atoms with Gasteiger partial charge in [-0.05, 0) is 43.0 Å². The molecule has 1 aliphatic carbocycles. The predicted molar refractivity (Wildman–Crippen MR) is 124 cm³/mol. The fraction of sp³-hybridized carbons (Fsp3) is 0.304. The third-order valence-corrected chi connectivity index (χ3v) is 5.95. The number of carbonyl (C=O) groups excluding carboxylic acids is 2. The van der Waals surface area contributed by atoms with Crippen LogP contribution in [0.2, 0.25) is 0 Å². The number of primary amides is 1. The van der Waals surface area contributed by atoms with E-state index < -0.39 is 24.5 Å². The van der Waals surface area contributed by atoms with Crippen molar-refractivity contribution in [2.75, 3.05) is 19.0 Å². The molecule has 4 rings (SSSR count). The summed E-state index contributed by atoms with van der Waals surface area (Å²) in [6.07, 6.45) is 0.481. The molecule has 1 aromatic carbocycles. The van der Waals surface area contributed by atoms with Gasteiger partial charge in [0, 0.05) is 34.4 Å². The van der Waals surface area contributed by atoms with Gasteiger partial charge in [0.2, 0.25) is 11.0 Å². The number of halogens is 2.